The molecule has 0 N–H and O–H groups in total. The van der Waals surface area contributed by atoms with E-state index in [0.717, 1.165) is 37.5 Å². The summed E-state index contributed by atoms with van der Waals surface area (Å²) >= 11 is 0. The highest BCUT2D eigenvalue weighted by Gasteiger charge is 2.04. The number of unbranched alkanes of at least 4 members (excludes halogenated alkanes) is 3. The lowest BCUT2D eigenvalue weighted by Gasteiger charge is -2.07. The van der Waals surface area contributed by atoms with Gasteiger partial charge in [0.2, 0.25) is 0 Å². The smallest absolute Gasteiger partial charge is 0.131 e. The molecule has 0 aliphatic rings. The summed E-state index contributed by atoms with van der Waals surface area (Å²) in [5.74, 6) is -0.152. The van der Waals surface area contributed by atoms with Gasteiger partial charge in [0.15, 0.2) is 0 Å². The molecular formula is C16H18FO. The van der Waals surface area contributed by atoms with Gasteiger partial charge in [-0.2, -0.15) is 0 Å². The van der Waals surface area contributed by atoms with Crippen molar-refractivity contribution in [3.63, 3.8) is 0 Å². The molecular weight excluding hydrogens is 227 g/mol. The number of rotatable bonds is 6. The first-order valence-electron chi connectivity index (χ1n) is 6.57. The number of halogens is 1. The van der Waals surface area contributed by atoms with Gasteiger partial charge >= 0.3 is 0 Å². The van der Waals surface area contributed by atoms with Gasteiger partial charge in [0.05, 0.1) is 6.61 Å². The third kappa shape index (κ3) is 3.08. The zero-order valence-corrected chi connectivity index (χ0v) is 10.5. The Morgan fingerprint density at radius 3 is 2.39 bits per heavy atom. The van der Waals surface area contributed by atoms with Crippen molar-refractivity contribution in [3.8, 4) is 0 Å². The number of aryl methyl sites for hydroxylation is 1. The molecule has 0 bridgehead atoms. The van der Waals surface area contributed by atoms with Crippen LogP contribution in [0.25, 0.3) is 10.8 Å². The molecule has 2 aromatic carbocycles. The van der Waals surface area contributed by atoms with Gasteiger partial charge in [-0.1, -0.05) is 43.2 Å². The molecule has 0 fully saturated rings. The first-order chi connectivity index (χ1) is 8.83. The minimum Gasteiger partial charge on any atom is -0.237 e. The van der Waals surface area contributed by atoms with Crippen LogP contribution in [-0.2, 0) is 11.5 Å². The second kappa shape index (κ2) is 6.50. The average Bonchev–Trinajstić information content (AvgIpc) is 2.39. The van der Waals surface area contributed by atoms with Crippen molar-refractivity contribution in [2.75, 3.05) is 6.61 Å². The fraction of sp³-hybridized carbons (Fsp3) is 0.375. The van der Waals surface area contributed by atoms with Crippen LogP contribution in [0, 0.1) is 5.82 Å². The molecule has 2 rings (SSSR count). The van der Waals surface area contributed by atoms with Gasteiger partial charge in [-0.15, -0.1) is 0 Å². The fourth-order valence-corrected chi connectivity index (χ4v) is 2.33. The summed E-state index contributed by atoms with van der Waals surface area (Å²) < 4.78 is 13.6. The van der Waals surface area contributed by atoms with E-state index in [4.69, 9.17) is 0 Å². The van der Waals surface area contributed by atoms with Crippen molar-refractivity contribution in [2.45, 2.75) is 32.1 Å². The maximum Gasteiger partial charge on any atom is 0.131 e. The molecule has 0 unspecified atom stereocenters. The summed E-state index contributed by atoms with van der Waals surface area (Å²) in [5.41, 5.74) is 1.20. The molecule has 0 saturated heterocycles. The lowest BCUT2D eigenvalue weighted by Crippen LogP contribution is -1.90. The number of hydrogen-bond donors (Lipinski definition) is 0. The second-order valence-corrected chi connectivity index (χ2v) is 4.62. The Bertz CT molecular complexity index is 507. The van der Waals surface area contributed by atoms with Crippen molar-refractivity contribution < 1.29 is 9.50 Å². The van der Waals surface area contributed by atoms with E-state index >= 15 is 0 Å². The Hall–Kier alpha value is -1.41. The van der Waals surface area contributed by atoms with Crippen LogP contribution < -0.4 is 0 Å². The van der Waals surface area contributed by atoms with Crippen molar-refractivity contribution in [3.05, 3.63) is 47.8 Å². The highest BCUT2D eigenvalue weighted by molar-refractivity contribution is 5.86. The third-order valence-corrected chi connectivity index (χ3v) is 3.30. The number of benzene rings is 2. The molecule has 18 heavy (non-hydrogen) atoms. The van der Waals surface area contributed by atoms with Gasteiger partial charge in [0.1, 0.15) is 5.82 Å². The summed E-state index contributed by atoms with van der Waals surface area (Å²) in [5, 5.41) is 12.1. The topological polar surface area (TPSA) is 19.9 Å². The van der Waals surface area contributed by atoms with E-state index in [0.29, 0.717) is 5.39 Å². The molecule has 1 nitrogen and oxygen atoms in total. The molecule has 0 aliphatic heterocycles. The van der Waals surface area contributed by atoms with E-state index in [1.165, 1.54) is 11.6 Å². The van der Waals surface area contributed by atoms with E-state index in [-0.39, 0.29) is 12.4 Å². The zero-order chi connectivity index (χ0) is 12.8. The van der Waals surface area contributed by atoms with Crippen molar-refractivity contribution in [1.82, 2.24) is 0 Å². The molecule has 0 aliphatic carbocycles. The number of fused-ring (bicyclic) bond motifs is 1. The Labute approximate surface area is 107 Å². The van der Waals surface area contributed by atoms with Crippen LogP contribution in [0.5, 0.6) is 0 Å². The van der Waals surface area contributed by atoms with Gasteiger partial charge in [0.25, 0.3) is 0 Å². The zero-order valence-electron chi connectivity index (χ0n) is 10.5. The van der Waals surface area contributed by atoms with Gasteiger partial charge in [0, 0.05) is 5.39 Å². The molecule has 0 saturated carbocycles. The maximum absolute atomic E-state index is 13.6. The van der Waals surface area contributed by atoms with E-state index in [2.05, 4.69) is 6.07 Å². The van der Waals surface area contributed by atoms with E-state index in [1.807, 2.05) is 18.2 Å². The summed E-state index contributed by atoms with van der Waals surface area (Å²) in [4.78, 5) is 0. The van der Waals surface area contributed by atoms with Gasteiger partial charge in [-0.25, -0.2) is 9.50 Å². The van der Waals surface area contributed by atoms with Crippen LogP contribution in [0.4, 0.5) is 4.39 Å². The Morgan fingerprint density at radius 1 is 0.833 bits per heavy atom. The van der Waals surface area contributed by atoms with Crippen LogP contribution in [0.15, 0.2) is 36.4 Å². The Kier molecular flexibility index (Phi) is 4.71. The molecule has 0 atom stereocenters. The van der Waals surface area contributed by atoms with Crippen molar-refractivity contribution in [1.29, 1.82) is 0 Å². The van der Waals surface area contributed by atoms with Gasteiger partial charge in [-0.05, 0) is 36.3 Å². The number of hydrogen-bond acceptors (Lipinski definition) is 0. The molecule has 2 aromatic rings. The first kappa shape index (κ1) is 13.0. The normalized spacial score (nSPS) is 11.0. The summed E-state index contributed by atoms with van der Waals surface area (Å²) in [6, 6.07) is 11.0. The summed E-state index contributed by atoms with van der Waals surface area (Å²) in [6.07, 6.45) is 4.87. The molecule has 0 aromatic heterocycles. The second-order valence-electron chi connectivity index (χ2n) is 4.62. The van der Waals surface area contributed by atoms with E-state index in [9.17, 15) is 9.50 Å². The minimum absolute atomic E-state index is 0.0273. The standard InChI is InChI=1S/C16H18FO/c17-16-11-6-9-14-13(8-5-10-15(14)16)7-3-1-2-4-12-18/h5-6,8-11H,1-4,7,12H2. The quantitative estimate of drug-likeness (QED) is 0.667. The fourth-order valence-electron chi connectivity index (χ4n) is 2.33. The van der Waals surface area contributed by atoms with E-state index in [1.54, 1.807) is 6.07 Å². The van der Waals surface area contributed by atoms with Gasteiger partial charge in [-0.3, -0.25) is 0 Å². The molecule has 0 amide bonds. The predicted molar refractivity (Wildman–Crippen MR) is 71.6 cm³/mol. The first-order valence-corrected chi connectivity index (χ1v) is 6.57. The van der Waals surface area contributed by atoms with Crippen LogP contribution in [0.3, 0.4) is 0 Å². The molecule has 1 radical (unpaired) electrons. The Morgan fingerprint density at radius 2 is 1.56 bits per heavy atom. The molecule has 2 heteroatoms. The monoisotopic (exact) mass is 245 g/mol. The van der Waals surface area contributed by atoms with Crippen molar-refractivity contribution in [2.24, 2.45) is 0 Å². The summed E-state index contributed by atoms with van der Waals surface area (Å²) in [7, 11) is 0. The lowest BCUT2D eigenvalue weighted by molar-refractivity contribution is 0.186. The van der Waals surface area contributed by atoms with Crippen LogP contribution >= 0.6 is 0 Å². The molecule has 0 spiro atoms. The van der Waals surface area contributed by atoms with Crippen molar-refractivity contribution >= 4 is 10.8 Å². The largest absolute Gasteiger partial charge is 0.237 e. The van der Waals surface area contributed by atoms with Gasteiger partial charge < -0.3 is 0 Å². The Balaban J connectivity index is 2.07. The minimum atomic E-state index is -0.152. The highest BCUT2D eigenvalue weighted by atomic mass is 19.1. The van der Waals surface area contributed by atoms with Crippen LogP contribution in [0.2, 0.25) is 0 Å². The SMILES string of the molecule is [O]CCCCCCc1cccc2c(F)cccc12. The highest BCUT2D eigenvalue weighted by Crippen LogP contribution is 2.23. The maximum atomic E-state index is 13.6. The van der Waals surface area contributed by atoms with Crippen LogP contribution in [-0.4, -0.2) is 6.61 Å². The van der Waals surface area contributed by atoms with Crippen LogP contribution in [0.1, 0.15) is 31.2 Å². The predicted octanol–water partition coefficient (Wildman–Crippen LogP) is 4.51. The lowest BCUT2D eigenvalue weighted by atomic mass is 9.99. The van der Waals surface area contributed by atoms with E-state index < -0.39 is 0 Å². The molecule has 0 heterocycles. The molecule has 95 valence electrons. The summed E-state index contributed by atoms with van der Waals surface area (Å²) in [6.45, 7) is 0.0273. The average molecular weight is 245 g/mol. The third-order valence-electron chi connectivity index (χ3n) is 3.30.